The molecule has 56 heavy (non-hydrogen) atoms. The molecule has 0 aliphatic carbocycles. The molecule has 9 rings (SSSR count). The number of carbonyl (C=O) groups is 4. The number of likely N-dealkylation sites (tertiary alicyclic amines) is 1. The quantitative estimate of drug-likeness (QED) is 0.318. The van der Waals surface area contributed by atoms with Crippen molar-refractivity contribution in [2.24, 2.45) is 17.3 Å². The summed E-state index contributed by atoms with van der Waals surface area (Å²) < 4.78 is 0. The molecule has 1 aromatic heterocycles. The highest BCUT2D eigenvalue weighted by atomic mass is 35.5. The zero-order valence-corrected chi connectivity index (χ0v) is 32.5. The number of nitrogens with zero attached hydrogens (tertiary/aromatic N) is 7. The third-order valence-electron chi connectivity index (χ3n) is 13.5. The minimum atomic E-state index is -0.954. The topological polar surface area (TPSA) is 133 Å². The average molecular weight is 775 g/mol. The molecule has 6 aliphatic heterocycles. The van der Waals surface area contributed by atoms with Crippen LogP contribution in [0.3, 0.4) is 0 Å². The van der Waals surface area contributed by atoms with Crippen molar-refractivity contribution in [3.05, 3.63) is 82.0 Å². The zero-order chi connectivity index (χ0) is 38.7. The molecule has 0 saturated carbocycles. The summed E-state index contributed by atoms with van der Waals surface area (Å²) in [6.45, 7) is 10.2. The van der Waals surface area contributed by atoms with Crippen molar-refractivity contribution in [1.82, 2.24) is 20.1 Å². The van der Waals surface area contributed by atoms with E-state index in [1.54, 1.807) is 12.1 Å². The highest BCUT2D eigenvalue weighted by Gasteiger charge is 2.46. The number of anilines is 3. The lowest BCUT2D eigenvalue weighted by atomic mass is 9.77. The molecule has 290 valence electrons. The number of halogens is 1. The van der Waals surface area contributed by atoms with Crippen LogP contribution in [0.15, 0.2) is 54.7 Å². The van der Waals surface area contributed by atoms with Crippen molar-refractivity contribution in [2.45, 2.75) is 70.5 Å². The number of rotatable bonds is 7. The highest BCUT2D eigenvalue weighted by Crippen LogP contribution is 2.46. The van der Waals surface area contributed by atoms with E-state index >= 15 is 0 Å². The standard InChI is InChI=1S/C43H47ClN8O4/c1-27-20-43(26-51(27)33-4-3-30(21-45)36(44)19-33)12-16-49(17-13-43)38-8-2-28(22-46-38)23-48-14-10-29(11-15-48)31-24-50(25-31)32-5-6-34-35(18-32)42(56)52(41(34)55)37-7-9-39(53)47-40(37)54/h2-6,8,18-19,22,27,29,31,37H,7,9-17,20,23-26H2,1H3,(H,47,53,54)/t27-,37?/m0/s1. The van der Waals surface area contributed by atoms with Gasteiger partial charge in [-0.05, 0) is 124 Å². The number of pyridine rings is 1. The summed E-state index contributed by atoms with van der Waals surface area (Å²) >= 11 is 6.38. The van der Waals surface area contributed by atoms with Crippen molar-refractivity contribution >= 4 is 52.4 Å². The first kappa shape index (κ1) is 36.6. The van der Waals surface area contributed by atoms with Gasteiger partial charge in [-0.1, -0.05) is 17.7 Å². The molecule has 13 heteroatoms. The highest BCUT2D eigenvalue weighted by molar-refractivity contribution is 6.32. The van der Waals surface area contributed by atoms with Crippen molar-refractivity contribution in [2.75, 3.05) is 60.5 Å². The fourth-order valence-corrected chi connectivity index (χ4v) is 10.4. The molecule has 2 aromatic carbocycles. The number of amides is 4. The summed E-state index contributed by atoms with van der Waals surface area (Å²) in [5.41, 5.74) is 4.73. The second-order valence-corrected chi connectivity index (χ2v) is 17.3. The van der Waals surface area contributed by atoms with Gasteiger partial charge in [0.05, 0.1) is 21.7 Å². The van der Waals surface area contributed by atoms with Gasteiger partial charge < -0.3 is 14.7 Å². The second kappa shape index (κ2) is 14.5. The molecule has 4 amide bonds. The van der Waals surface area contributed by atoms with Crippen molar-refractivity contribution in [3.63, 3.8) is 0 Å². The molecule has 1 N–H and O–H groups in total. The number of hydrogen-bond acceptors (Lipinski definition) is 10. The van der Waals surface area contributed by atoms with E-state index in [-0.39, 0.29) is 24.2 Å². The maximum Gasteiger partial charge on any atom is 0.262 e. The summed E-state index contributed by atoms with van der Waals surface area (Å²) in [5, 5.41) is 12.1. The van der Waals surface area contributed by atoms with Crippen LogP contribution >= 0.6 is 11.6 Å². The maximum absolute atomic E-state index is 13.3. The Bertz CT molecular complexity index is 2110. The maximum atomic E-state index is 13.3. The summed E-state index contributed by atoms with van der Waals surface area (Å²) in [5.74, 6) is 0.404. The monoisotopic (exact) mass is 774 g/mol. The number of nitrogens with one attached hydrogen (secondary N) is 1. The number of piperidine rings is 3. The smallest absolute Gasteiger partial charge is 0.262 e. The molecular formula is C43H47ClN8O4. The van der Waals surface area contributed by atoms with Crippen molar-refractivity contribution in [3.8, 4) is 6.07 Å². The number of imide groups is 2. The van der Waals surface area contributed by atoms with Crippen LogP contribution in [0.25, 0.3) is 0 Å². The van der Waals surface area contributed by atoms with E-state index in [1.165, 1.54) is 5.56 Å². The van der Waals surface area contributed by atoms with Gasteiger partial charge in [0.15, 0.2) is 0 Å². The van der Waals surface area contributed by atoms with Crippen LogP contribution in [0.1, 0.15) is 83.7 Å². The molecule has 2 atom stereocenters. The van der Waals surface area contributed by atoms with Crippen LogP contribution in [0.4, 0.5) is 17.2 Å². The summed E-state index contributed by atoms with van der Waals surface area (Å²) in [6.07, 6.45) is 8.06. The van der Waals surface area contributed by atoms with Gasteiger partial charge in [0.2, 0.25) is 11.8 Å². The normalized spacial score (nSPS) is 24.4. The Morgan fingerprint density at radius 3 is 2.32 bits per heavy atom. The Morgan fingerprint density at radius 2 is 1.62 bits per heavy atom. The molecule has 5 saturated heterocycles. The molecular weight excluding hydrogens is 728 g/mol. The minimum Gasteiger partial charge on any atom is -0.371 e. The molecule has 1 spiro atoms. The largest absolute Gasteiger partial charge is 0.371 e. The summed E-state index contributed by atoms with van der Waals surface area (Å²) in [7, 11) is 0. The molecule has 12 nitrogen and oxygen atoms in total. The Morgan fingerprint density at radius 1 is 0.875 bits per heavy atom. The van der Waals surface area contributed by atoms with Gasteiger partial charge in [-0.3, -0.25) is 34.3 Å². The molecule has 1 unspecified atom stereocenters. The van der Waals surface area contributed by atoms with Gasteiger partial charge in [-0.15, -0.1) is 0 Å². The fourth-order valence-electron chi connectivity index (χ4n) is 10.2. The van der Waals surface area contributed by atoms with Gasteiger partial charge in [0.25, 0.3) is 11.8 Å². The van der Waals surface area contributed by atoms with Gasteiger partial charge >= 0.3 is 0 Å². The van der Waals surface area contributed by atoms with Gasteiger partial charge in [-0.25, -0.2) is 4.98 Å². The number of nitriles is 1. The summed E-state index contributed by atoms with van der Waals surface area (Å²) in [6, 6.07) is 17.3. The van der Waals surface area contributed by atoms with Crippen LogP contribution in [0, 0.1) is 28.6 Å². The lowest BCUT2D eigenvalue weighted by Gasteiger charge is -2.47. The van der Waals surface area contributed by atoms with E-state index in [0.717, 1.165) is 107 Å². The SMILES string of the molecule is C[C@H]1CC2(CCN(c3ccc(CN4CCC(C5CN(c6ccc7c(c6)C(=O)N(C6CCC(=O)NC6=O)C7=O)C5)CC4)cn3)CC2)CN1c1ccc(C#N)c(Cl)c1. The van der Waals surface area contributed by atoms with E-state index in [4.69, 9.17) is 16.6 Å². The van der Waals surface area contributed by atoms with E-state index in [0.29, 0.717) is 39.6 Å². The van der Waals surface area contributed by atoms with Crippen molar-refractivity contribution in [1.29, 1.82) is 5.26 Å². The third-order valence-corrected chi connectivity index (χ3v) is 13.8. The predicted octanol–water partition coefficient (Wildman–Crippen LogP) is 5.24. The van der Waals surface area contributed by atoms with Gasteiger partial charge in [0.1, 0.15) is 17.9 Å². The molecule has 0 radical (unpaired) electrons. The van der Waals surface area contributed by atoms with Crippen LogP contribution in [0.2, 0.25) is 5.02 Å². The van der Waals surface area contributed by atoms with Gasteiger partial charge in [-0.2, -0.15) is 5.26 Å². The lowest BCUT2D eigenvalue weighted by molar-refractivity contribution is -0.136. The second-order valence-electron chi connectivity index (χ2n) is 16.9. The molecule has 3 aromatic rings. The van der Waals surface area contributed by atoms with Gasteiger partial charge in [0, 0.05) is 69.3 Å². The Hall–Kier alpha value is -4.99. The number of carbonyl (C=O) groups excluding carboxylic acids is 4. The first-order valence-electron chi connectivity index (χ1n) is 20.1. The molecule has 7 heterocycles. The molecule has 5 fully saturated rings. The van der Waals surface area contributed by atoms with Crippen LogP contribution in [0.5, 0.6) is 0 Å². The third kappa shape index (κ3) is 6.68. The molecule has 0 bridgehead atoms. The number of fused-ring (bicyclic) bond motifs is 1. The zero-order valence-electron chi connectivity index (χ0n) is 31.8. The van der Waals surface area contributed by atoms with Crippen LogP contribution < -0.4 is 20.0 Å². The van der Waals surface area contributed by atoms with E-state index in [2.05, 4.69) is 56.2 Å². The van der Waals surface area contributed by atoms with E-state index in [9.17, 15) is 24.4 Å². The number of hydrogen-bond donors (Lipinski definition) is 1. The Kier molecular flexibility index (Phi) is 9.49. The van der Waals surface area contributed by atoms with E-state index in [1.807, 2.05) is 24.3 Å². The van der Waals surface area contributed by atoms with Crippen LogP contribution in [-0.4, -0.2) is 96.3 Å². The average Bonchev–Trinajstić information content (AvgIpc) is 3.63. The number of aromatic nitrogens is 1. The fraction of sp³-hybridized carbons (Fsp3) is 0.488. The molecule has 6 aliphatic rings. The first-order chi connectivity index (χ1) is 27.1. The lowest BCUT2D eigenvalue weighted by Crippen LogP contribution is -2.54. The first-order valence-corrected chi connectivity index (χ1v) is 20.4. The summed E-state index contributed by atoms with van der Waals surface area (Å²) in [4.78, 5) is 66.1. The van der Waals surface area contributed by atoms with Crippen LogP contribution in [-0.2, 0) is 16.1 Å². The predicted molar refractivity (Wildman–Crippen MR) is 213 cm³/mol. The Labute approximate surface area is 332 Å². The number of benzene rings is 2. The Balaban J connectivity index is 0.725. The minimum absolute atomic E-state index is 0.106. The van der Waals surface area contributed by atoms with Crippen molar-refractivity contribution < 1.29 is 19.2 Å². The van der Waals surface area contributed by atoms with E-state index < -0.39 is 23.8 Å².